The van der Waals surface area contributed by atoms with E-state index in [9.17, 15) is 10.1 Å². The number of nitrogens with zero attached hydrogens (tertiary/aromatic N) is 3. The minimum absolute atomic E-state index is 0.00433. The molecule has 0 aliphatic rings. The fraction of sp³-hybridized carbons (Fsp3) is 0.308. The number of hydrogen-bond acceptors (Lipinski definition) is 6. The average Bonchev–Trinajstić information content (AvgIpc) is 2.92. The molecular formula is C13H16N4O2S. The summed E-state index contributed by atoms with van der Waals surface area (Å²) in [7, 11) is 3.97. The van der Waals surface area contributed by atoms with E-state index in [0.29, 0.717) is 12.4 Å². The lowest BCUT2D eigenvalue weighted by Gasteiger charge is -2.24. The Balaban J connectivity index is 2.13. The highest BCUT2D eigenvalue weighted by Crippen LogP contribution is 2.24. The first-order valence-corrected chi connectivity index (χ1v) is 7.05. The van der Waals surface area contributed by atoms with Crippen LogP contribution >= 0.6 is 11.3 Å². The zero-order valence-electron chi connectivity index (χ0n) is 11.3. The van der Waals surface area contributed by atoms with Gasteiger partial charge in [-0.25, -0.2) is 4.98 Å². The van der Waals surface area contributed by atoms with Gasteiger partial charge in [-0.1, -0.05) is 0 Å². The van der Waals surface area contributed by atoms with Crippen LogP contribution in [0.1, 0.15) is 11.6 Å². The molecule has 0 bridgehead atoms. The quantitative estimate of drug-likeness (QED) is 0.655. The molecule has 106 valence electrons. The number of thiophene rings is 1. The van der Waals surface area contributed by atoms with Crippen LogP contribution in [0.3, 0.4) is 0 Å². The first-order chi connectivity index (χ1) is 9.59. The van der Waals surface area contributed by atoms with Crippen molar-refractivity contribution in [2.45, 2.75) is 6.04 Å². The highest BCUT2D eigenvalue weighted by atomic mass is 32.1. The molecule has 0 aromatic carbocycles. The summed E-state index contributed by atoms with van der Waals surface area (Å²) >= 11 is 1.64. The lowest BCUT2D eigenvalue weighted by molar-refractivity contribution is -0.384. The SMILES string of the molecule is CN(C)[C@@H](CNc1ncccc1[N+](=O)[O-])c1ccsc1. The van der Waals surface area contributed by atoms with Gasteiger partial charge in [0.1, 0.15) is 0 Å². The molecule has 0 saturated carbocycles. The zero-order valence-corrected chi connectivity index (χ0v) is 12.1. The molecule has 0 unspecified atom stereocenters. The summed E-state index contributed by atoms with van der Waals surface area (Å²) in [6.07, 6.45) is 1.55. The number of hydrogen-bond donors (Lipinski definition) is 1. The third-order valence-corrected chi connectivity index (χ3v) is 3.70. The molecule has 20 heavy (non-hydrogen) atoms. The fourth-order valence-corrected chi connectivity index (χ4v) is 2.64. The Morgan fingerprint density at radius 2 is 2.30 bits per heavy atom. The van der Waals surface area contributed by atoms with Gasteiger partial charge >= 0.3 is 5.69 Å². The van der Waals surface area contributed by atoms with Gasteiger partial charge in [-0.15, -0.1) is 0 Å². The number of pyridine rings is 1. The number of likely N-dealkylation sites (N-methyl/N-ethyl adjacent to an activating group) is 1. The summed E-state index contributed by atoms with van der Waals surface area (Å²) in [6.45, 7) is 0.557. The molecule has 0 spiro atoms. The Labute approximate surface area is 121 Å². The van der Waals surface area contributed by atoms with E-state index in [1.54, 1.807) is 23.6 Å². The molecule has 0 aliphatic carbocycles. The van der Waals surface area contributed by atoms with E-state index < -0.39 is 4.92 Å². The molecule has 7 heteroatoms. The van der Waals surface area contributed by atoms with Crippen molar-refractivity contribution in [3.8, 4) is 0 Å². The van der Waals surface area contributed by atoms with Gasteiger partial charge in [0.15, 0.2) is 0 Å². The van der Waals surface area contributed by atoms with Crippen molar-refractivity contribution in [2.75, 3.05) is 26.0 Å². The van der Waals surface area contributed by atoms with Crippen LogP contribution in [-0.4, -0.2) is 35.4 Å². The van der Waals surface area contributed by atoms with Crippen LogP contribution in [0.25, 0.3) is 0 Å². The second kappa shape index (κ2) is 6.44. The fourth-order valence-electron chi connectivity index (χ4n) is 1.94. The van der Waals surface area contributed by atoms with E-state index in [1.165, 1.54) is 11.6 Å². The predicted octanol–water partition coefficient (Wildman–Crippen LogP) is 2.77. The van der Waals surface area contributed by atoms with Crippen LogP contribution in [0.4, 0.5) is 11.5 Å². The Morgan fingerprint density at radius 3 is 2.90 bits per heavy atom. The smallest absolute Gasteiger partial charge is 0.311 e. The van der Waals surface area contributed by atoms with E-state index in [1.807, 2.05) is 19.5 Å². The molecular weight excluding hydrogens is 276 g/mol. The molecule has 1 N–H and O–H groups in total. The number of anilines is 1. The van der Waals surface area contributed by atoms with Crippen LogP contribution in [0.5, 0.6) is 0 Å². The normalized spacial score (nSPS) is 12.3. The van der Waals surface area contributed by atoms with Crippen molar-refractivity contribution < 1.29 is 4.92 Å². The van der Waals surface area contributed by atoms with Gasteiger partial charge in [0.2, 0.25) is 5.82 Å². The van der Waals surface area contributed by atoms with E-state index in [4.69, 9.17) is 0 Å². The van der Waals surface area contributed by atoms with Gasteiger partial charge in [0.25, 0.3) is 0 Å². The minimum Gasteiger partial charge on any atom is -0.362 e. The molecule has 0 saturated heterocycles. The molecule has 0 radical (unpaired) electrons. The first-order valence-electron chi connectivity index (χ1n) is 6.11. The molecule has 0 amide bonds. The van der Waals surface area contributed by atoms with Crippen molar-refractivity contribution in [3.05, 3.63) is 50.8 Å². The van der Waals surface area contributed by atoms with Crippen molar-refractivity contribution in [1.82, 2.24) is 9.88 Å². The zero-order chi connectivity index (χ0) is 14.5. The third-order valence-electron chi connectivity index (χ3n) is 3.00. The maximum Gasteiger partial charge on any atom is 0.311 e. The summed E-state index contributed by atoms with van der Waals surface area (Å²) in [5.74, 6) is 0.305. The van der Waals surface area contributed by atoms with E-state index in [0.717, 1.165) is 0 Å². The monoisotopic (exact) mass is 292 g/mol. The molecule has 2 aromatic heterocycles. The molecule has 1 atom stereocenters. The largest absolute Gasteiger partial charge is 0.362 e. The van der Waals surface area contributed by atoms with Gasteiger partial charge in [0.05, 0.1) is 11.0 Å². The maximum absolute atomic E-state index is 10.9. The Morgan fingerprint density at radius 1 is 1.50 bits per heavy atom. The molecule has 2 heterocycles. The van der Waals surface area contributed by atoms with Gasteiger partial charge in [-0.2, -0.15) is 11.3 Å². The Kier molecular flexibility index (Phi) is 4.65. The highest BCUT2D eigenvalue weighted by molar-refractivity contribution is 7.07. The van der Waals surface area contributed by atoms with Crippen molar-refractivity contribution in [2.24, 2.45) is 0 Å². The molecule has 2 aromatic rings. The average molecular weight is 292 g/mol. The standard InChI is InChI=1S/C13H16N4O2S/c1-16(2)12(10-5-7-20-9-10)8-15-13-11(17(18)19)4-3-6-14-13/h3-7,9,12H,8H2,1-2H3,(H,14,15)/t12-/m0/s1. The van der Waals surface area contributed by atoms with Crippen molar-refractivity contribution in [1.29, 1.82) is 0 Å². The van der Waals surface area contributed by atoms with E-state index >= 15 is 0 Å². The Hall–Kier alpha value is -1.99. The molecule has 6 nitrogen and oxygen atoms in total. The lowest BCUT2D eigenvalue weighted by atomic mass is 10.1. The summed E-state index contributed by atoms with van der Waals surface area (Å²) < 4.78 is 0. The maximum atomic E-state index is 10.9. The predicted molar refractivity (Wildman–Crippen MR) is 80.1 cm³/mol. The summed E-state index contributed by atoms with van der Waals surface area (Å²) in [5, 5.41) is 18.1. The topological polar surface area (TPSA) is 71.3 Å². The van der Waals surface area contributed by atoms with Gasteiger partial charge < -0.3 is 10.2 Å². The third kappa shape index (κ3) is 3.31. The van der Waals surface area contributed by atoms with Crippen LogP contribution in [0, 0.1) is 10.1 Å². The van der Waals surface area contributed by atoms with Crippen LogP contribution in [-0.2, 0) is 0 Å². The number of aromatic nitrogens is 1. The summed E-state index contributed by atoms with van der Waals surface area (Å²) in [5.41, 5.74) is 1.18. The number of nitrogens with one attached hydrogen (secondary N) is 1. The second-order valence-corrected chi connectivity index (χ2v) is 5.33. The number of rotatable bonds is 6. The second-order valence-electron chi connectivity index (χ2n) is 4.55. The highest BCUT2D eigenvalue weighted by Gasteiger charge is 2.18. The van der Waals surface area contributed by atoms with Gasteiger partial charge in [0, 0.05) is 18.8 Å². The van der Waals surface area contributed by atoms with Gasteiger partial charge in [-0.05, 0) is 42.6 Å². The van der Waals surface area contributed by atoms with Crippen LogP contribution in [0.2, 0.25) is 0 Å². The van der Waals surface area contributed by atoms with E-state index in [-0.39, 0.29) is 11.7 Å². The molecule has 2 rings (SSSR count). The molecule has 0 fully saturated rings. The minimum atomic E-state index is -0.426. The molecule has 0 aliphatic heterocycles. The lowest BCUT2D eigenvalue weighted by Crippen LogP contribution is -2.26. The van der Waals surface area contributed by atoms with Gasteiger partial charge in [-0.3, -0.25) is 10.1 Å². The number of nitro groups is 1. The summed E-state index contributed by atoms with van der Waals surface area (Å²) in [4.78, 5) is 16.6. The summed E-state index contributed by atoms with van der Waals surface area (Å²) in [6, 6.07) is 5.21. The van der Waals surface area contributed by atoms with Crippen molar-refractivity contribution in [3.63, 3.8) is 0 Å². The van der Waals surface area contributed by atoms with Crippen LogP contribution < -0.4 is 5.32 Å². The Bertz CT molecular complexity index is 572. The van der Waals surface area contributed by atoms with Crippen molar-refractivity contribution >= 4 is 22.8 Å². The van der Waals surface area contributed by atoms with E-state index in [2.05, 4.69) is 26.6 Å². The van der Waals surface area contributed by atoms with Crippen LogP contribution in [0.15, 0.2) is 35.2 Å². The first kappa shape index (κ1) is 14.4.